The molecule has 8 nitrogen and oxygen atoms in total. The van der Waals surface area contributed by atoms with Gasteiger partial charge in [0.15, 0.2) is 11.0 Å². The normalized spacial score (nSPS) is 11.1. The minimum absolute atomic E-state index is 0.0267. The van der Waals surface area contributed by atoms with Gasteiger partial charge in [-0.1, -0.05) is 30.0 Å². The summed E-state index contributed by atoms with van der Waals surface area (Å²) in [6.07, 6.45) is 3.38. The fraction of sp³-hybridized carbons (Fsp3) is 0.250. The average Bonchev–Trinajstić information content (AvgIpc) is 3.10. The summed E-state index contributed by atoms with van der Waals surface area (Å²) < 4.78 is 1.88. The number of hydrogen-bond acceptors (Lipinski definition) is 6. The smallest absolute Gasteiger partial charge is 0.321 e. The largest absolute Gasteiger partial charge is 0.333 e. The fourth-order valence-electron chi connectivity index (χ4n) is 2.53. The van der Waals surface area contributed by atoms with Crippen molar-refractivity contribution in [2.75, 3.05) is 5.75 Å². The molecule has 0 aliphatic heterocycles. The minimum Gasteiger partial charge on any atom is -0.333 e. The van der Waals surface area contributed by atoms with Crippen LogP contribution in [0.25, 0.3) is 17.1 Å². The number of aromatic nitrogens is 4. The number of thioether (sulfide) groups is 1. The molecule has 0 bridgehead atoms. The predicted molar refractivity (Wildman–Crippen MR) is 112 cm³/mol. The van der Waals surface area contributed by atoms with Crippen LogP contribution in [0, 0.1) is 0 Å². The minimum atomic E-state index is -0.523. The number of pyridine rings is 1. The molecular formula is C20H22N6O2S. The molecule has 2 heterocycles. The fourth-order valence-corrected chi connectivity index (χ4v) is 3.28. The molecule has 2 aromatic heterocycles. The summed E-state index contributed by atoms with van der Waals surface area (Å²) >= 11 is 1.21. The molecule has 0 aliphatic rings. The molecule has 0 radical (unpaired) electrons. The molecule has 29 heavy (non-hydrogen) atoms. The van der Waals surface area contributed by atoms with Gasteiger partial charge in [-0.25, -0.2) is 4.79 Å². The van der Waals surface area contributed by atoms with E-state index < -0.39 is 17.5 Å². The molecule has 3 amide bonds. The summed E-state index contributed by atoms with van der Waals surface area (Å²) in [5, 5.41) is 14.1. The molecule has 9 heteroatoms. The maximum Gasteiger partial charge on any atom is 0.321 e. The molecule has 0 aliphatic carbocycles. The van der Waals surface area contributed by atoms with E-state index in [-0.39, 0.29) is 5.75 Å². The first kappa shape index (κ1) is 20.5. The Morgan fingerprint density at radius 1 is 1.03 bits per heavy atom. The maximum absolute atomic E-state index is 12.2. The number of carbonyl (C=O) groups excluding carboxylic acids is 2. The summed E-state index contributed by atoms with van der Waals surface area (Å²) in [6, 6.07) is 12.8. The summed E-state index contributed by atoms with van der Waals surface area (Å²) in [5.74, 6) is 0.260. The van der Waals surface area contributed by atoms with Gasteiger partial charge in [-0.3, -0.25) is 19.7 Å². The molecule has 3 aromatic rings. The molecule has 0 fully saturated rings. The first-order valence-electron chi connectivity index (χ1n) is 8.99. The summed E-state index contributed by atoms with van der Waals surface area (Å²) in [6.45, 7) is 5.53. The van der Waals surface area contributed by atoms with Gasteiger partial charge in [-0.2, -0.15) is 0 Å². The second kappa shape index (κ2) is 8.87. The van der Waals surface area contributed by atoms with E-state index in [1.165, 1.54) is 11.8 Å². The van der Waals surface area contributed by atoms with E-state index in [0.29, 0.717) is 11.0 Å². The number of nitrogens with zero attached hydrogens (tertiary/aromatic N) is 4. The van der Waals surface area contributed by atoms with Gasteiger partial charge in [0.05, 0.1) is 5.75 Å². The first-order chi connectivity index (χ1) is 13.8. The number of rotatable bonds is 5. The van der Waals surface area contributed by atoms with Crippen LogP contribution < -0.4 is 10.6 Å². The number of imide groups is 1. The van der Waals surface area contributed by atoms with Gasteiger partial charge in [0, 0.05) is 29.2 Å². The van der Waals surface area contributed by atoms with Crippen molar-refractivity contribution in [3.8, 4) is 17.1 Å². The van der Waals surface area contributed by atoms with Crippen molar-refractivity contribution >= 4 is 23.7 Å². The first-order valence-corrected chi connectivity index (χ1v) is 9.98. The summed E-state index contributed by atoms with van der Waals surface area (Å²) in [4.78, 5) is 28.1. The molecule has 1 aromatic carbocycles. The van der Waals surface area contributed by atoms with Gasteiger partial charge < -0.3 is 5.32 Å². The van der Waals surface area contributed by atoms with E-state index in [4.69, 9.17) is 0 Å². The average molecular weight is 411 g/mol. The van der Waals surface area contributed by atoms with Gasteiger partial charge in [0.1, 0.15) is 0 Å². The Morgan fingerprint density at radius 3 is 2.38 bits per heavy atom. The van der Waals surface area contributed by atoms with Crippen LogP contribution >= 0.6 is 11.8 Å². The van der Waals surface area contributed by atoms with E-state index >= 15 is 0 Å². The number of nitrogens with one attached hydrogen (secondary N) is 2. The second-order valence-electron chi connectivity index (χ2n) is 7.25. The third kappa shape index (κ3) is 5.64. The number of amides is 3. The molecule has 0 atom stereocenters. The van der Waals surface area contributed by atoms with Gasteiger partial charge in [0.2, 0.25) is 5.91 Å². The second-order valence-corrected chi connectivity index (χ2v) is 8.20. The predicted octanol–water partition coefficient (Wildman–Crippen LogP) is 3.05. The Balaban J connectivity index is 1.79. The Labute approximate surface area is 173 Å². The number of hydrogen-bond donors (Lipinski definition) is 2. The quantitative estimate of drug-likeness (QED) is 0.627. The Kier molecular flexibility index (Phi) is 6.28. The van der Waals surface area contributed by atoms with Crippen molar-refractivity contribution in [1.29, 1.82) is 0 Å². The molecule has 0 saturated heterocycles. The lowest BCUT2D eigenvalue weighted by molar-refractivity contribution is -0.117. The lowest BCUT2D eigenvalue weighted by atomic mass is 10.1. The van der Waals surface area contributed by atoms with E-state index in [1.54, 1.807) is 12.4 Å². The maximum atomic E-state index is 12.2. The zero-order chi connectivity index (χ0) is 20.9. The third-order valence-corrected chi connectivity index (χ3v) is 4.59. The van der Waals surface area contributed by atoms with Gasteiger partial charge in [-0.05, 0) is 45.0 Å². The molecule has 2 N–H and O–H groups in total. The van der Waals surface area contributed by atoms with Crippen LogP contribution in [0.3, 0.4) is 0 Å². The highest BCUT2D eigenvalue weighted by Gasteiger charge is 2.19. The van der Waals surface area contributed by atoms with Gasteiger partial charge in [0.25, 0.3) is 0 Å². The Morgan fingerprint density at radius 2 is 1.72 bits per heavy atom. The highest BCUT2D eigenvalue weighted by molar-refractivity contribution is 7.99. The highest BCUT2D eigenvalue weighted by atomic mass is 32.2. The van der Waals surface area contributed by atoms with Crippen LogP contribution in [-0.4, -0.2) is 43.0 Å². The van der Waals surface area contributed by atoms with E-state index in [2.05, 4.69) is 25.8 Å². The number of urea groups is 1. The van der Waals surface area contributed by atoms with Crippen LogP contribution in [0.4, 0.5) is 4.79 Å². The standard InChI is InChI=1S/C20H22N6O2S/c1-20(2,3)23-18(28)22-16(27)13-29-19-25-24-17(14-9-11-21-12-10-14)26(19)15-7-5-4-6-8-15/h4-12H,13H2,1-3H3,(H2,22,23,27,28). The van der Waals surface area contributed by atoms with Crippen LogP contribution in [0.5, 0.6) is 0 Å². The SMILES string of the molecule is CC(C)(C)NC(=O)NC(=O)CSc1nnc(-c2ccncc2)n1-c1ccccc1. The lowest BCUT2D eigenvalue weighted by Gasteiger charge is -2.20. The van der Waals surface area contributed by atoms with Crippen molar-refractivity contribution in [1.82, 2.24) is 30.4 Å². The molecule has 3 rings (SSSR count). The zero-order valence-electron chi connectivity index (χ0n) is 16.4. The number of carbonyl (C=O) groups is 2. The van der Waals surface area contributed by atoms with Crippen LogP contribution in [-0.2, 0) is 4.79 Å². The van der Waals surface area contributed by atoms with Gasteiger partial charge in [-0.15, -0.1) is 10.2 Å². The van der Waals surface area contributed by atoms with Crippen molar-refractivity contribution in [3.05, 3.63) is 54.9 Å². The van der Waals surface area contributed by atoms with Crippen molar-refractivity contribution in [2.24, 2.45) is 0 Å². The zero-order valence-corrected chi connectivity index (χ0v) is 17.2. The van der Waals surface area contributed by atoms with Gasteiger partial charge >= 0.3 is 6.03 Å². The lowest BCUT2D eigenvalue weighted by Crippen LogP contribution is -2.48. The molecule has 0 saturated carbocycles. The van der Waals surface area contributed by atoms with E-state index in [9.17, 15) is 9.59 Å². The highest BCUT2D eigenvalue weighted by Crippen LogP contribution is 2.27. The van der Waals surface area contributed by atoms with Crippen LogP contribution in [0.15, 0.2) is 60.0 Å². The molecule has 0 spiro atoms. The summed E-state index contributed by atoms with van der Waals surface area (Å²) in [5.41, 5.74) is 1.31. The van der Waals surface area contributed by atoms with Crippen LogP contribution in [0.2, 0.25) is 0 Å². The van der Waals surface area contributed by atoms with Crippen molar-refractivity contribution < 1.29 is 9.59 Å². The number of para-hydroxylation sites is 1. The van der Waals surface area contributed by atoms with Crippen LogP contribution in [0.1, 0.15) is 20.8 Å². The topological polar surface area (TPSA) is 102 Å². The van der Waals surface area contributed by atoms with Crippen molar-refractivity contribution in [3.63, 3.8) is 0 Å². The van der Waals surface area contributed by atoms with Crippen molar-refractivity contribution in [2.45, 2.75) is 31.5 Å². The molecule has 0 unspecified atom stereocenters. The monoisotopic (exact) mass is 410 g/mol. The third-order valence-electron chi connectivity index (χ3n) is 3.66. The number of benzene rings is 1. The Hall–Kier alpha value is -3.20. The van der Waals surface area contributed by atoms with E-state index in [1.807, 2.05) is 67.8 Å². The molecule has 150 valence electrons. The van der Waals surface area contributed by atoms with E-state index in [0.717, 1.165) is 11.3 Å². The molecular weight excluding hydrogens is 388 g/mol. The Bertz CT molecular complexity index is 983. The summed E-state index contributed by atoms with van der Waals surface area (Å²) in [7, 11) is 0.